The van der Waals surface area contributed by atoms with Gasteiger partial charge in [-0.25, -0.2) is 4.99 Å². The van der Waals surface area contributed by atoms with Crippen molar-refractivity contribution in [1.29, 1.82) is 5.41 Å². The lowest BCUT2D eigenvalue weighted by Gasteiger charge is -2.09. The average Bonchev–Trinajstić information content (AvgIpc) is 2.34. The van der Waals surface area contributed by atoms with Gasteiger partial charge in [-0.2, -0.15) is 4.99 Å². The number of fused-ring (bicyclic) bond motifs is 1. The number of rotatable bonds is 0. The van der Waals surface area contributed by atoms with E-state index in [0.29, 0.717) is 11.4 Å². The van der Waals surface area contributed by atoms with Gasteiger partial charge < -0.3 is 0 Å². The second-order valence-electron chi connectivity index (χ2n) is 2.10. The Morgan fingerprint density at radius 1 is 1.55 bits per heavy atom. The highest BCUT2D eigenvalue weighted by atomic mass is 16.2. The van der Waals surface area contributed by atoms with Gasteiger partial charge >= 0.3 is 0 Å². The first-order valence-corrected chi connectivity index (χ1v) is 3.01. The van der Waals surface area contributed by atoms with Gasteiger partial charge in [0.25, 0.3) is 5.91 Å². The summed E-state index contributed by atoms with van der Waals surface area (Å²) in [5.74, 6) is -0.127. The van der Waals surface area contributed by atoms with E-state index in [1.54, 1.807) is 6.08 Å². The highest BCUT2D eigenvalue weighted by molar-refractivity contribution is 6.33. The Kier molecular flexibility index (Phi) is 1.00. The first kappa shape index (κ1) is 5.96. The van der Waals surface area contributed by atoms with E-state index in [-0.39, 0.29) is 11.9 Å². The summed E-state index contributed by atoms with van der Waals surface area (Å²) in [5, 5.41) is 9.31. The molecule has 2 aliphatic heterocycles. The van der Waals surface area contributed by atoms with Crippen molar-refractivity contribution in [2.75, 3.05) is 0 Å². The minimum atomic E-state index is -0.308. The summed E-state index contributed by atoms with van der Waals surface area (Å²) in [6, 6.07) is 0. The molecule has 11 heavy (non-hydrogen) atoms. The van der Waals surface area contributed by atoms with Gasteiger partial charge in [0.15, 0.2) is 5.84 Å². The van der Waals surface area contributed by atoms with Crippen molar-refractivity contribution in [3.8, 4) is 0 Å². The van der Waals surface area contributed by atoms with Gasteiger partial charge in [-0.1, -0.05) is 0 Å². The molecule has 2 rings (SSSR count). The number of guanidine groups is 1. The molecule has 1 amide bonds. The summed E-state index contributed by atoms with van der Waals surface area (Å²) in [4.78, 5) is 18.5. The maximum absolute atomic E-state index is 11.0. The Morgan fingerprint density at radius 2 is 2.36 bits per heavy atom. The number of hydrogen-bond donors (Lipinski definition) is 2. The zero-order chi connectivity index (χ0) is 7.84. The van der Waals surface area contributed by atoms with Crippen LogP contribution in [-0.4, -0.2) is 23.9 Å². The Morgan fingerprint density at radius 3 is 3.18 bits per heavy atom. The largest absolute Gasteiger partial charge is 0.291 e. The minimum absolute atomic E-state index is 0.152. The Bertz CT molecular complexity index is 336. The van der Waals surface area contributed by atoms with Crippen LogP contribution < -0.4 is 5.32 Å². The molecule has 0 saturated heterocycles. The molecule has 0 bridgehead atoms. The lowest BCUT2D eigenvalue weighted by Crippen LogP contribution is -2.36. The van der Waals surface area contributed by atoms with Crippen LogP contribution in [0.1, 0.15) is 0 Å². The lowest BCUT2D eigenvalue weighted by atomic mass is 10.2. The van der Waals surface area contributed by atoms with Crippen molar-refractivity contribution < 1.29 is 4.79 Å². The van der Waals surface area contributed by atoms with E-state index in [0.717, 1.165) is 0 Å². The fourth-order valence-electron chi connectivity index (χ4n) is 0.902. The monoisotopic (exact) mass is 148 g/mol. The molecule has 5 nitrogen and oxygen atoms in total. The molecule has 0 unspecified atom stereocenters. The molecular weight excluding hydrogens is 144 g/mol. The molecular formula is C6H4N4O. The number of amidine groups is 1. The first-order valence-electron chi connectivity index (χ1n) is 3.01. The topological polar surface area (TPSA) is 77.7 Å². The third-order valence-corrected chi connectivity index (χ3v) is 1.37. The summed E-state index contributed by atoms with van der Waals surface area (Å²) in [7, 11) is 0. The zero-order valence-electron chi connectivity index (χ0n) is 5.46. The second kappa shape index (κ2) is 1.85. The van der Waals surface area contributed by atoms with Gasteiger partial charge in [0, 0.05) is 6.21 Å². The van der Waals surface area contributed by atoms with Crippen LogP contribution in [0.25, 0.3) is 0 Å². The molecule has 0 atom stereocenters. The van der Waals surface area contributed by atoms with E-state index in [2.05, 4.69) is 15.3 Å². The second-order valence-corrected chi connectivity index (χ2v) is 2.10. The fourth-order valence-corrected chi connectivity index (χ4v) is 0.902. The molecule has 5 heteroatoms. The number of carbonyl (C=O) groups excluding carboxylic acids is 1. The van der Waals surface area contributed by atoms with Gasteiger partial charge in [-0.05, 0) is 6.08 Å². The van der Waals surface area contributed by atoms with E-state index in [9.17, 15) is 4.79 Å². The van der Waals surface area contributed by atoms with Crippen LogP contribution in [0.5, 0.6) is 0 Å². The number of allylic oxidation sites excluding steroid dienone is 1. The molecule has 2 aliphatic rings. The van der Waals surface area contributed by atoms with Crippen molar-refractivity contribution in [2.24, 2.45) is 9.98 Å². The SMILES string of the molecule is N=C1N=C2N=CC=C2C(=O)N1. The van der Waals surface area contributed by atoms with Gasteiger partial charge in [0.2, 0.25) is 5.96 Å². The van der Waals surface area contributed by atoms with Gasteiger partial charge in [0.1, 0.15) is 0 Å². The number of nitrogens with one attached hydrogen (secondary N) is 2. The van der Waals surface area contributed by atoms with E-state index < -0.39 is 0 Å². The van der Waals surface area contributed by atoms with Crippen LogP contribution in [0.3, 0.4) is 0 Å². The predicted molar refractivity (Wildman–Crippen MR) is 39.9 cm³/mol. The molecule has 0 fully saturated rings. The molecule has 54 valence electrons. The Labute approximate surface area is 62.1 Å². The fraction of sp³-hybridized carbons (Fsp3) is 0. The van der Waals surface area contributed by atoms with Crippen molar-refractivity contribution in [3.63, 3.8) is 0 Å². The maximum atomic E-state index is 11.0. The molecule has 0 aromatic carbocycles. The van der Waals surface area contributed by atoms with Crippen molar-refractivity contribution in [3.05, 3.63) is 11.6 Å². The summed E-state index contributed by atoms with van der Waals surface area (Å²) < 4.78 is 0. The van der Waals surface area contributed by atoms with E-state index in [1.807, 2.05) is 0 Å². The summed E-state index contributed by atoms with van der Waals surface area (Å²) >= 11 is 0. The lowest BCUT2D eigenvalue weighted by molar-refractivity contribution is -0.115. The zero-order valence-corrected chi connectivity index (χ0v) is 5.46. The summed E-state index contributed by atoms with van der Waals surface area (Å²) in [6.07, 6.45) is 3.06. The standard InChI is InChI=1S/C6H4N4O/c7-6-9-4-3(1-2-8-4)5(11)10-6/h1-2H,(H2,7,10,11). The number of nitrogens with zero attached hydrogens (tertiary/aromatic N) is 2. The molecule has 0 saturated carbocycles. The van der Waals surface area contributed by atoms with Crippen LogP contribution in [0, 0.1) is 5.41 Å². The first-order chi connectivity index (χ1) is 5.27. The average molecular weight is 148 g/mol. The van der Waals surface area contributed by atoms with Crippen LogP contribution in [-0.2, 0) is 4.79 Å². The van der Waals surface area contributed by atoms with E-state index in [1.165, 1.54) is 6.21 Å². The third kappa shape index (κ3) is 0.778. The normalized spacial score (nSPS) is 20.7. The smallest absolute Gasteiger partial charge is 0.261 e. The molecule has 0 aromatic rings. The number of amides is 1. The van der Waals surface area contributed by atoms with Crippen molar-refractivity contribution in [2.45, 2.75) is 0 Å². The molecule has 0 aliphatic carbocycles. The number of carbonyl (C=O) groups is 1. The summed E-state index contributed by atoms with van der Waals surface area (Å²) in [6.45, 7) is 0. The number of hydrogen-bond acceptors (Lipinski definition) is 3. The van der Waals surface area contributed by atoms with Crippen LogP contribution >= 0.6 is 0 Å². The van der Waals surface area contributed by atoms with Gasteiger partial charge in [0.05, 0.1) is 5.57 Å². The van der Waals surface area contributed by atoms with E-state index in [4.69, 9.17) is 5.41 Å². The minimum Gasteiger partial charge on any atom is -0.291 e. The molecule has 0 radical (unpaired) electrons. The maximum Gasteiger partial charge on any atom is 0.261 e. The number of aliphatic imine (C=N–C) groups is 2. The molecule has 2 N–H and O–H groups in total. The van der Waals surface area contributed by atoms with Crippen molar-refractivity contribution in [1.82, 2.24) is 5.32 Å². The van der Waals surface area contributed by atoms with Gasteiger partial charge in [-0.3, -0.25) is 15.5 Å². The van der Waals surface area contributed by atoms with Crippen LogP contribution in [0.15, 0.2) is 21.6 Å². The van der Waals surface area contributed by atoms with Crippen LogP contribution in [0.2, 0.25) is 0 Å². The highest BCUT2D eigenvalue weighted by Crippen LogP contribution is 2.09. The van der Waals surface area contributed by atoms with E-state index >= 15 is 0 Å². The third-order valence-electron chi connectivity index (χ3n) is 1.37. The highest BCUT2D eigenvalue weighted by Gasteiger charge is 2.23. The molecule has 0 aromatic heterocycles. The molecule has 0 spiro atoms. The Hall–Kier alpha value is -1.78. The van der Waals surface area contributed by atoms with Crippen molar-refractivity contribution >= 4 is 23.9 Å². The molecule has 2 heterocycles. The quantitative estimate of drug-likeness (QED) is 0.475. The van der Waals surface area contributed by atoms with Gasteiger partial charge in [-0.15, -0.1) is 0 Å². The summed E-state index contributed by atoms with van der Waals surface area (Å²) in [5.41, 5.74) is 0.431. The van der Waals surface area contributed by atoms with Crippen LogP contribution in [0.4, 0.5) is 0 Å². The predicted octanol–water partition coefficient (Wildman–Crippen LogP) is -0.540. The Balaban J connectivity index is 2.53.